The van der Waals surface area contributed by atoms with Crippen LogP contribution >= 0.6 is 0 Å². The van der Waals surface area contributed by atoms with Crippen LogP contribution in [0.1, 0.15) is 19.3 Å². The largest absolute Gasteiger partial charge is 0.376 e. The average Bonchev–Trinajstić information content (AvgIpc) is 2.96. The zero-order valence-corrected chi connectivity index (χ0v) is 9.26. The number of carbonyl (C=O) groups is 1. The van der Waals surface area contributed by atoms with Gasteiger partial charge in [-0.05, 0) is 18.9 Å². The fourth-order valence-corrected chi connectivity index (χ4v) is 1.77. The Bertz CT molecular complexity index is 318. The summed E-state index contributed by atoms with van der Waals surface area (Å²) >= 11 is 0. The molecule has 88 valence electrons. The first kappa shape index (κ1) is 11.1. The van der Waals surface area contributed by atoms with Crippen LogP contribution in [-0.2, 0) is 16.1 Å². The molecule has 0 aromatic carbocycles. The Morgan fingerprint density at radius 1 is 1.62 bits per heavy atom. The lowest BCUT2D eigenvalue weighted by Crippen LogP contribution is -2.32. The second kappa shape index (κ2) is 5.65. The van der Waals surface area contributed by atoms with Crippen LogP contribution in [0.15, 0.2) is 18.5 Å². The highest BCUT2D eigenvalue weighted by molar-refractivity contribution is 5.75. The molecule has 1 aliphatic heterocycles. The minimum atomic E-state index is 0.0611. The second-order valence-electron chi connectivity index (χ2n) is 3.96. The Morgan fingerprint density at radius 3 is 3.25 bits per heavy atom. The van der Waals surface area contributed by atoms with Crippen molar-refractivity contribution in [3.8, 4) is 0 Å². The number of nitrogens with zero attached hydrogens (tertiary/aromatic N) is 2. The molecule has 16 heavy (non-hydrogen) atoms. The summed E-state index contributed by atoms with van der Waals surface area (Å²) < 4.78 is 7.18. The number of nitrogens with one attached hydrogen (secondary N) is 1. The van der Waals surface area contributed by atoms with Crippen molar-refractivity contribution in [1.29, 1.82) is 0 Å². The van der Waals surface area contributed by atoms with Crippen molar-refractivity contribution < 1.29 is 9.53 Å². The fourth-order valence-electron chi connectivity index (χ4n) is 1.77. The third kappa shape index (κ3) is 3.34. The molecule has 1 saturated heterocycles. The van der Waals surface area contributed by atoms with Crippen LogP contribution in [0.3, 0.4) is 0 Å². The van der Waals surface area contributed by atoms with E-state index in [1.54, 1.807) is 10.9 Å². The van der Waals surface area contributed by atoms with Gasteiger partial charge in [-0.25, -0.2) is 0 Å². The van der Waals surface area contributed by atoms with Gasteiger partial charge < -0.3 is 10.1 Å². The van der Waals surface area contributed by atoms with E-state index in [-0.39, 0.29) is 12.0 Å². The smallest absolute Gasteiger partial charge is 0.221 e. The maximum atomic E-state index is 11.5. The van der Waals surface area contributed by atoms with Gasteiger partial charge in [0.1, 0.15) is 0 Å². The summed E-state index contributed by atoms with van der Waals surface area (Å²) in [5.74, 6) is 0.0611. The number of carbonyl (C=O) groups excluding carboxylic acids is 1. The van der Waals surface area contributed by atoms with E-state index in [1.165, 1.54) is 0 Å². The Hall–Kier alpha value is -1.36. The highest BCUT2D eigenvalue weighted by Gasteiger charge is 2.15. The first-order chi connectivity index (χ1) is 7.84. The molecule has 0 saturated carbocycles. The summed E-state index contributed by atoms with van der Waals surface area (Å²) in [6.07, 6.45) is 6.41. The van der Waals surface area contributed by atoms with E-state index in [0.29, 0.717) is 19.5 Å². The monoisotopic (exact) mass is 223 g/mol. The topological polar surface area (TPSA) is 56.2 Å². The van der Waals surface area contributed by atoms with Crippen LogP contribution < -0.4 is 5.32 Å². The molecule has 5 nitrogen and oxygen atoms in total. The van der Waals surface area contributed by atoms with Gasteiger partial charge in [0.15, 0.2) is 0 Å². The number of aryl methyl sites for hydroxylation is 1. The minimum absolute atomic E-state index is 0.0611. The summed E-state index contributed by atoms with van der Waals surface area (Å²) in [4.78, 5) is 11.5. The Balaban J connectivity index is 1.60. The SMILES string of the molecule is O=C(CCn1cccn1)NC[C@@H]1CCCO1. The van der Waals surface area contributed by atoms with Gasteiger partial charge in [-0.15, -0.1) is 0 Å². The van der Waals surface area contributed by atoms with Gasteiger partial charge in [0.25, 0.3) is 0 Å². The number of rotatable bonds is 5. The molecule has 5 heteroatoms. The van der Waals surface area contributed by atoms with Crippen molar-refractivity contribution in [2.24, 2.45) is 0 Å². The van der Waals surface area contributed by atoms with E-state index in [9.17, 15) is 4.79 Å². The molecule has 1 aromatic heterocycles. The van der Waals surface area contributed by atoms with Gasteiger partial charge in [-0.1, -0.05) is 0 Å². The molecule has 2 rings (SSSR count). The lowest BCUT2D eigenvalue weighted by Gasteiger charge is -2.10. The first-order valence-electron chi connectivity index (χ1n) is 5.70. The van der Waals surface area contributed by atoms with Crippen molar-refractivity contribution in [1.82, 2.24) is 15.1 Å². The number of amides is 1. The molecule has 1 N–H and O–H groups in total. The van der Waals surface area contributed by atoms with Crippen LogP contribution in [0.4, 0.5) is 0 Å². The molecular weight excluding hydrogens is 206 g/mol. The molecule has 1 atom stereocenters. The Kier molecular flexibility index (Phi) is 3.93. The Morgan fingerprint density at radius 2 is 2.56 bits per heavy atom. The molecule has 0 aliphatic carbocycles. The number of hydrogen-bond acceptors (Lipinski definition) is 3. The van der Waals surface area contributed by atoms with Crippen LogP contribution in [0.2, 0.25) is 0 Å². The standard InChI is InChI=1S/C11H17N3O2/c15-11(4-7-14-6-2-5-13-14)12-9-10-3-1-8-16-10/h2,5-6,10H,1,3-4,7-9H2,(H,12,15)/t10-/m0/s1. The number of hydrogen-bond donors (Lipinski definition) is 1. The molecule has 1 fully saturated rings. The van der Waals surface area contributed by atoms with Crippen molar-refractivity contribution in [2.75, 3.05) is 13.2 Å². The maximum Gasteiger partial charge on any atom is 0.221 e. The normalized spacial score (nSPS) is 19.9. The van der Waals surface area contributed by atoms with E-state index < -0.39 is 0 Å². The Labute approximate surface area is 94.8 Å². The predicted molar refractivity (Wildman–Crippen MR) is 58.8 cm³/mol. The quantitative estimate of drug-likeness (QED) is 0.794. The first-order valence-corrected chi connectivity index (χ1v) is 5.70. The zero-order valence-electron chi connectivity index (χ0n) is 9.26. The lowest BCUT2D eigenvalue weighted by molar-refractivity contribution is -0.121. The van der Waals surface area contributed by atoms with Crippen molar-refractivity contribution >= 4 is 5.91 Å². The predicted octanol–water partition coefficient (Wildman–Crippen LogP) is 0.568. The molecular formula is C11H17N3O2. The number of ether oxygens (including phenoxy) is 1. The molecule has 1 aromatic rings. The molecule has 0 radical (unpaired) electrons. The molecule has 1 aliphatic rings. The van der Waals surface area contributed by atoms with E-state index in [1.807, 2.05) is 12.3 Å². The maximum absolute atomic E-state index is 11.5. The molecule has 0 bridgehead atoms. The molecule has 2 heterocycles. The van der Waals surface area contributed by atoms with Crippen molar-refractivity contribution in [3.63, 3.8) is 0 Å². The summed E-state index contributed by atoms with van der Waals surface area (Å²) in [7, 11) is 0. The van der Waals surface area contributed by atoms with E-state index >= 15 is 0 Å². The van der Waals surface area contributed by atoms with Gasteiger partial charge >= 0.3 is 0 Å². The van der Waals surface area contributed by atoms with Gasteiger partial charge in [0.2, 0.25) is 5.91 Å². The van der Waals surface area contributed by atoms with E-state index in [2.05, 4.69) is 10.4 Å². The zero-order chi connectivity index (χ0) is 11.2. The van der Waals surface area contributed by atoms with Gasteiger partial charge in [-0.3, -0.25) is 9.48 Å². The van der Waals surface area contributed by atoms with Crippen molar-refractivity contribution in [3.05, 3.63) is 18.5 Å². The van der Waals surface area contributed by atoms with Gasteiger partial charge in [-0.2, -0.15) is 5.10 Å². The van der Waals surface area contributed by atoms with Crippen molar-refractivity contribution in [2.45, 2.75) is 31.9 Å². The van der Waals surface area contributed by atoms with Crippen LogP contribution in [0, 0.1) is 0 Å². The molecule has 0 spiro atoms. The second-order valence-corrected chi connectivity index (χ2v) is 3.96. The van der Waals surface area contributed by atoms with Crippen LogP contribution in [0.5, 0.6) is 0 Å². The minimum Gasteiger partial charge on any atom is -0.376 e. The highest BCUT2D eigenvalue weighted by Crippen LogP contribution is 2.10. The molecule has 1 amide bonds. The highest BCUT2D eigenvalue weighted by atomic mass is 16.5. The third-order valence-corrected chi connectivity index (χ3v) is 2.68. The third-order valence-electron chi connectivity index (χ3n) is 2.68. The van der Waals surface area contributed by atoms with E-state index in [4.69, 9.17) is 4.74 Å². The van der Waals surface area contributed by atoms with Gasteiger partial charge in [0, 0.05) is 38.5 Å². The van der Waals surface area contributed by atoms with Crippen LogP contribution in [-0.4, -0.2) is 34.9 Å². The lowest BCUT2D eigenvalue weighted by atomic mass is 10.2. The van der Waals surface area contributed by atoms with E-state index in [0.717, 1.165) is 19.4 Å². The summed E-state index contributed by atoms with van der Waals surface area (Å²) in [6, 6.07) is 1.85. The summed E-state index contributed by atoms with van der Waals surface area (Å²) in [5, 5.41) is 6.92. The molecule has 0 unspecified atom stereocenters. The average molecular weight is 223 g/mol. The summed E-state index contributed by atoms with van der Waals surface area (Å²) in [5.41, 5.74) is 0. The van der Waals surface area contributed by atoms with Crippen LogP contribution in [0.25, 0.3) is 0 Å². The fraction of sp³-hybridized carbons (Fsp3) is 0.636. The summed E-state index contributed by atoms with van der Waals surface area (Å²) in [6.45, 7) is 2.09. The number of aromatic nitrogens is 2. The van der Waals surface area contributed by atoms with Gasteiger partial charge in [0.05, 0.1) is 6.10 Å².